The zero-order valence-electron chi connectivity index (χ0n) is 6.88. The van der Waals surface area contributed by atoms with Crippen LogP contribution >= 0.6 is 0 Å². The summed E-state index contributed by atoms with van der Waals surface area (Å²) >= 11 is 0. The molecule has 0 rings (SSSR count). The van der Waals surface area contributed by atoms with Gasteiger partial charge in [-0.2, -0.15) is 0 Å². The number of halogens is 4. The first-order valence-corrected chi connectivity index (χ1v) is 2.51. The van der Waals surface area contributed by atoms with Crippen LogP contribution in [0.3, 0.4) is 0 Å². The minimum atomic E-state index is -6.00. The Morgan fingerprint density at radius 1 is 1.31 bits per heavy atom. The first-order chi connectivity index (χ1) is 5.15. The van der Waals surface area contributed by atoms with Crippen LogP contribution in [0.1, 0.15) is 6.92 Å². The van der Waals surface area contributed by atoms with Crippen LogP contribution in [0.25, 0.3) is 0 Å². The summed E-state index contributed by atoms with van der Waals surface area (Å²) in [5.74, 6) is 0. The molecule has 0 spiro atoms. The molecule has 0 radical (unpaired) electrons. The topological polar surface area (TPSA) is 92.5 Å². The highest BCUT2D eigenvalue weighted by molar-refractivity contribution is 6.50. The van der Waals surface area contributed by atoms with Crippen LogP contribution in [0.2, 0.25) is 0 Å². The van der Waals surface area contributed by atoms with Crippen LogP contribution in [0.4, 0.5) is 22.1 Å². The molecule has 82 valence electrons. The second kappa shape index (κ2) is 13.4. The Morgan fingerprint density at radius 2 is 1.31 bits per heavy atom. The molecule has 0 aromatic heterocycles. The zero-order chi connectivity index (χ0) is 10.8. The van der Waals surface area contributed by atoms with Gasteiger partial charge in [0.15, 0.2) is 0 Å². The molecular weight excluding hydrogens is 197 g/mol. The standard InChI is InChI=1S/C3H6.CH2O3.BF4.H3N/c1-3-2;2-1(3)4;2-1(3,4)5;/h3H,1H2,2H3;(H2,2,3,4);;1H3/q;;-1;. The third kappa shape index (κ3) is 532. The maximum atomic E-state index is 9.75. The van der Waals surface area contributed by atoms with Gasteiger partial charge in [-0.05, 0) is 6.92 Å². The van der Waals surface area contributed by atoms with E-state index < -0.39 is 13.4 Å². The van der Waals surface area contributed by atoms with Gasteiger partial charge < -0.3 is 33.6 Å². The molecule has 0 aliphatic heterocycles. The Morgan fingerprint density at radius 3 is 1.31 bits per heavy atom. The van der Waals surface area contributed by atoms with Crippen LogP contribution in [-0.2, 0) is 0 Å². The molecule has 0 atom stereocenters. The lowest BCUT2D eigenvalue weighted by Crippen LogP contribution is -2.02. The number of rotatable bonds is 0. The van der Waals surface area contributed by atoms with E-state index in [1.54, 1.807) is 6.08 Å². The molecule has 0 bridgehead atoms. The summed E-state index contributed by atoms with van der Waals surface area (Å²) in [6.07, 6.45) is -0.0833. The van der Waals surface area contributed by atoms with E-state index in [9.17, 15) is 17.3 Å². The third-order valence-corrected chi connectivity index (χ3v) is 0. The highest BCUT2D eigenvalue weighted by Crippen LogP contribution is 2.06. The lowest BCUT2D eigenvalue weighted by molar-refractivity contribution is 0.137. The van der Waals surface area contributed by atoms with Crippen LogP contribution in [0.5, 0.6) is 0 Å². The van der Waals surface area contributed by atoms with Crippen molar-refractivity contribution in [3.8, 4) is 0 Å². The number of carboxylic acid groups (broad SMARTS) is 2. The Labute approximate surface area is 72.6 Å². The van der Waals surface area contributed by atoms with Gasteiger partial charge in [-0.1, -0.05) is 6.08 Å². The van der Waals surface area contributed by atoms with Crippen LogP contribution in [0.15, 0.2) is 12.7 Å². The molecule has 0 aliphatic rings. The fourth-order valence-electron chi connectivity index (χ4n) is 0. The van der Waals surface area contributed by atoms with Crippen molar-refractivity contribution >= 4 is 13.4 Å². The maximum Gasteiger partial charge on any atom is 0.673 e. The molecule has 13 heavy (non-hydrogen) atoms. The molecule has 0 saturated heterocycles. The second-order valence-electron chi connectivity index (χ2n) is 1.19. The van der Waals surface area contributed by atoms with Gasteiger partial charge in [0.2, 0.25) is 0 Å². The summed E-state index contributed by atoms with van der Waals surface area (Å²) in [6, 6.07) is 0. The smallest absolute Gasteiger partial charge is 0.450 e. The van der Waals surface area contributed by atoms with Gasteiger partial charge in [0.05, 0.1) is 0 Å². The molecule has 0 aromatic rings. The molecule has 9 heteroatoms. The van der Waals surface area contributed by atoms with E-state index in [1.807, 2.05) is 6.92 Å². The first-order valence-electron chi connectivity index (χ1n) is 2.51. The van der Waals surface area contributed by atoms with E-state index in [4.69, 9.17) is 15.0 Å². The summed E-state index contributed by atoms with van der Waals surface area (Å²) < 4.78 is 39.0. The Balaban J connectivity index is -0.0000000465. The van der Waals surface area contributed by atoms with Gasteiger partial charge in [-0.15, -0.1) is 6.58 Å². The number of hydrogen-bond donors (Lipinski definition) is 3. The molecule has 5 N–H and O–H groups in total. The van der Waals surface area contributed by atoms with Gasteiger partial charge in [0.1, 0.15) is 0 Å². The Kier molecular flexibility index (Phi) is 23.2. The van der Waals surface area contributed by atoms with Gasteiger partial charge in [0.25, 0.3) is 0 Å². The number of hydrogen-bond acceptors (Lipinski definition) is 2. The maximum absolute atomic E-state index is 9.75. The monoisotopic (exact) mass is 208 g/mol. The molecular formula is C4H11BF4NO3-. The highest BCUT2D eigenvalue weighted by Gasteiger charge is 2.20. The van der Waals surface area contributed by atoms with Crippen molar-refractivity contribution < 1.29 is 32.3 Å². The molecule has 0 amide bonds. The van der Waals surface area contributed by atoms with Gasteiger partial charge >= 0.3 is 13.4 Å². The van der Waals surface area contributed by atoms with Crippen molar-refractivity contribution in [1.29, 1.82) is 0 Å². The fraction of sp³-hybridized carbons (Fsp3) is 0.250. The van der Waals surface area contributed by atoms with E-state index in [2.05, 4.69) is 6.58 Å². The van der Waals surface area contributed by atoms with Crippen molar-refractivity contribution in [3.63, 3.8) is 0 Å². The third-order valence-electron chi connectivity index (χ3n) is 0. The summed E-state index contributed by atoms with van der Waals surface area (Å²) in [6.45, 7) is 5.25. The van der Waals surface area contributed by atoms with Crippen molar-refractivity contribution in [3.05, 3.63) is 12.7 Å². The molecule has 0 aliphatic carbocycles. The fourth-order valence-corrected chi connectivity index (χ4v) is 0. The quantitative estimate of drug-likeness (QED) is 0.324. The largest absolute Gasteiger partial charge is 0.673 e. The molecule has 0 aromatic carbocycles. The average molecular weight is 208 g/mol. The summed E-state index contributed by atoms with van der Waals surface area (Å²) in [4.78, 5) is 8.56. The molecule has 0 fully saturated rings. The van der Waals surface area contributed by atoms with Gasteiger partial charge in [-0.3, -0.25) is 0 Å². The van der Waals surface area contributed by atoms with E-state index in [1.165, 1.54) is 0 Å². The van der Waals surface area contributed by atoms with E-state index in [0.29, 0.717) is 0 Å². The van der Waals surface area contributed by atoms with Crippen molar-refractivity contribution in [2.24, 2.45) is 0 Å². The van der Waals surface area contributed by atoms with E-state index >= 15 is 0 Å². The molecule has 0 unspecified atom stereocenters. The lowest BCUT2D eigenvalue weighted by Gasteiger charge is -1.94. The van der Waals surface area contributed by atoms with Crippen molar-refractivity contribution in [1.82, 2.24) is 6.15 Å². The van der Waals surface area contributed by atoms with Crippen LogP contribution in [0, 0.1) is 0 Å². The molecule has 0 heterocycles. The van der Waals surface area contributed by atoms with Gasteiger partial charge in [0, 0.05) is 0 Å². The zero-order valence-corrected chi connectivity index (χ0v) is 6.88. The Hall–Kier alpha value is -1.25. The first kappa shape index (κ1) is 22.6. The van der Waals surface area contributed by atoms with Crippen LogP contribution in [-0.4, -0.2) is 23.6 Å². The summed E-state index contributed by atoms with van der Waals surface area (Å²) in [5.41, 5.74) is 0. The lowest BCUT2D eigenvalue weighted by atomic mass is 10.3. The summed E-state index contributed by atoms with van der Waals surface area (Å²) in [7, 11) is -6.00. The minimum absolute atomic E-state index is 0. The number of allylic oxidation sites excluding steroid dienone is 1. The second-order valence-corrected chi connectivity index (χ2v) is 1.19. The van der Waals surface area contributed by atoms with Gasteiger partial charge in [-0.25, -0.2) is 4.79 Å². The predicted molar refractivity (Wildman–Crippen MR) is 41.7 cm³/mol. The predicted octanol–water partition coefficient (Wildman–Crippen LogP) is 2.88. The Bertz CT molecular complexity index is 119. The van der Waals surface area contributed by atoms with Crippen LogP contribution < -0.4 is 6.15 Å². The number of carbonyl (C=O) groups is 1. The van der Waals surface area contributed by atoms with E-state index in [-0.39, 0.29) is 6.15 Å². The highest BCUT2D eigenvalue weighted by atomic mass is 19.5. The molecule has 0 saturated carbocycles. The average Bonchev–Trinajstić information content (AvgIpc) is 1.56. The normalized spacial score (nSPS) is 7.46. The molecule has 4 nitrogen and oxygen atoms in total. The summed E-state index contributed by atoms with van der Waals surface area (Å²) in [5, 5.41) is 13.9. The van der Waals surface area contributed by atoms with E-state index in [0.717, 1.165) is 0 Å². The minimum Gasteiger partial charge on any atom is -0.450 e. The SMILES string of the molecule is C=CC.F[B-](F)(F)F.N.O=C(O)O. The van der Waals surface area contributed by atoms with Crippen molar-refractivity contribution in [2.45, 2.75) is 6.92 Å². The van der Waals surface area contributed by atoms with Crippen molar-refractivity contribution in [2.75, 3.05) is 0 Å².